The molecule has 0 fully saturated rings. The number of rotatable bonds is 3. The van der Waals surface area contributed by atoms with Crippen molar-refractivity contribution in [2.75, 3.05) is 10.2 Å². The van der Waals surface area contributed by atoms with Crippen molar-refractivity contribution < 1.29 is 4.42 Å². The van der Waals surface area contributed by atoms with Gasteiger partial charge in [0.05, 0.1) is 34.6 Å². The molecule has 1 N–H and O–H groups in total. The van der Waals surface area contributed by atoms with Crippen LogP contribution in [0, 0.1) is 13.8 Å². The number of hydrogen-bond acceptors (Lipinski definition) is 6. The van der Waals surface area contributed by atoms with Crippen LogP contribution in [-0.4, -0.2) is 21.5 Å². The van der Waals surface area contributed by atoms with E-state index < -0.39 is 0 Å². The first-order chi connectivity index (χ1) is 18.2. The average Bonchev–Trinajstić information content (AvgIpc) is 3.58. The lowest BCUT2D eigenvalue weighted by molar-refractivity contribution is 0.487. The third-order valence-electron chi connectivity index (χ3n) is 6.77. The van der Waals surface area contributed by atoms with Gasteiger partial charge in [-0.05, 0) is 62.4 Å². The summed E-state index contributed by atoms with van der Waals surface area (Å²) >= 11 is 0. The first-order valence-corrected chi connectivity index (χ1v) is 12.3. The van der Waals surface area contributed by atoms with Gasteiger partial charge in [0.15, 0.2) is 17.5 Å². The summed E-state index contributed by atoms with van der Waals surface area (Å²) in [7, 11) is 0. The van der Waals surface area contributed by atoms with Gasteiger partial charge in [0.1, 0.15) is 11.8 Å². The molecule has 4 heterocycles. The maximum Gasteiger partial charge on any atom is 0.179 e. The minimum Gasteiger partial charge on any atom is -0.467 e. The van der Waals surface area contributed by atoms with Crippen molar-refractivity contribution in [3.63, 3.8) is 0 Å². The molecule has 5 aromatic rings. The molecule has 3 aromatic carbocycles. The summed E-state index contributed by atoms with van der Waals surface area (Å²) in [4.78, 5) is 12.5. The number of nitrogens with one attached hydrogen (secondary N) is 1. The minimum atomic E-state index is -0.263. The molecule has 0 amide bonds. The van der Waals surface area contributed by atoms with Crippen LogP contribution in [0.1, 0.15) is 28.6 Å². The van der Waals surface area contributed by atoms with Crippen LogP contribution in [0.4, 0.5) is 22.9 Å². The number of para-hydroxylation sites is 3. The third kappa shape index (κ3) is 3.47. The Balaban J connectivity index is 1.49. The number of aliphatic imine (C=N–C) groups is 2. The lowest BCUT2D eigenvalue weighted by atomic mass is 9.98. The van der Waals surface area contributed by atoms with E-state index in [1.165, 1.54) is 5.56 Å². The van der Waals surface area contributed by atoms with E-state index in [0.717, 1.165) is 45.6 Å². The topological polar surface area (TPSA) is 71.0 Å². The zero-order valence-electron chi connectivity index (χ0n) is 20.5. The van der Waals surface area contributed by atoms with Crippen molar-refractivity contribution in [3.8, 4) is 5.69 Å². The molecular formula is C30H24N6O. The van der Waals surface area contributed by atoms with Gasteiger partial charge >= 0.3 is 0 Å². The van der Waals surface area contributed by atoms with E-state index in [4.69, 9.17) is 19.5 Å². The van der Waals surface area contributed by atoms with Gasteiger partial charge in [-0.3, -0.25) is 0 Å². The van der Waals surface area contributed by atoms with Crippen LogP contribution in [0.5, 0.6) is 0 Å². The van der Waals surface area contributed by atoms with Crippen molar-refractivity contribution in [2.24, 2.45) is 9.98 Å². The first-order valence-electron chi connectivity index (χ1n) is 12.3. The standard InChI is InChI=1S/C30H24N6O/c1-19-14-16-21(17-15-19)31-28-30-33-29-26(20(2)34-36(29)22-9-4-3-5-10-22)27(25-13-8-18-37-25)35(30)24-12-7-6-11-23(24)32-28/h3-18,27H,1-2H3,(H,31,32)/t27-/m1/s1. The summed E-state index contributed by atoms with van der Waals surface area (Å²) in [6.45, 7) is 4.11. The highest BCUT2D eigenvalue weighted by atomic mass is 16.3. The molecule has 0 spiro atoms. The largest absolute Gasteiger partial charge is 0.467 e. The van der Waals surface area contributed by atoms with Crippen molar-refractivity contribution in [1.82, 2.24) is 9.78 Å². The molecule has 0 bridgehead atoms. The van der Waals surface area contributed by atoms with E-state index in [1.54, 1.807) is 6.26 Å². The van der Waals surface area contributed by atoms with E-state index in [1.807, 2.05) is 72.3 Å². The number of anilines is 2. The summed E-state index contributed by atoms with van der Waals surface area (Å²) in [5.41, 5.74) is 6.83. The lowest BCUT2D eigenvalue weighted by Gasteiger charge is -2.39. The molecule has 0 unspecified atom stereocenters. The highest BCUT2D eigenvalue weighted by Gasteiger charge is 2.42. The predicted molar refractivity (Wildman–Crippen MR) is 147 cm³/mol. The average molecular weight is 485 g/mol. The van der Waals surface area contributed by atoms with Crippen LogP contribution in [0.3, 0.4) is 0 Å². The Kier molecular flexibility index (Phi) is 4.82. The fourth-order valence-electron chi connectivity index (χ4n) is 5.04. The summed E-state index contributed by atoms with van der Waals surface area (Å²) in [6, 6.07) is 30.2. The summed E-state index contributed by atoms with van der Waals surface area (Å²) in [5.74, 6) is 2.97. The molecule has 0 radical (unpaired) electrons. The van der Waals surface area contributed by atoms with Crippen LogP contribution in [0.15, 0.2) is 112 Å². The number of nitrogens with zero attached hydrogens (tertiary/aromatic N) is 5. The van der Waals surface area contributed by atoms with Crippen molar-refractivity contribution >= 4 is 34.6 Å². The fourth-order valence-corrected chi connectivity index (χ4v) is 5.04. The first kappa shape index (κ1) is 21.4. The molecule has 2 aliphatic heterocycles. The number of aryl methyl sites for hydroxylation is 2. The third-order valence-corrected chi connectivity index (χ3v) is 6.77. The highest BCUT2D eigenvalue weighted by Crippen LogP contribution is 2.48. The SMILES string of the molecule is Cc1ccc(NC2=Nc3ccccc3N3C2=Nc2c(c(C)nn2-c2ccccc2)[C@H]3c2ccco2)cc1. The second-order valence-electron chi connectivity index (χ2n) is 9.23. The molecule has 0 saturated carbocycles. The van der Waals surface area contributed by atoms with E-state index in [-0.39, 0.29) is 6.04 Å². The van der Waals surface area contributed by atoms with Gasteiger partial charge in [-0.2, -0.15) is 5.10 Å². The molecule has 0 saturated heterocycles. The Labute approximate surface area is 214 Å². The van der Waals surface area contributed by atoms with Crippen molar-refractivity contribution in [2.45, 2.75) is 19.9 Å². The summed E-state index contributed by atoms with van der Waals surface area (Å²) in [6.07, 6.45) is 1.72. The monoisotopic (exact) mass is 484 g/mol. The molecule has 7 nitrogen and oxygen atoms in total. The van der Waals surface area contributed by atoms with Gasteiger partial charge in [0.2, 0.25) is 0 Å². The van der Waals surface area contributed by atoms with Gasteiger partial charge in [0.25, 0.3) is 0 Å². The summed E-state index contributed by atoms with van der Waals surface area (Å²) in [5, 5.41) is 8.46. The zero-order chi connectivity index (χ0) is 24.9. The van der Waals surface area contributed by atoms with Gasteiger partial charge in [-0.15, -0.1) is 0 Å². The lowest BCUT2D eigenvalue weighted by Crippen LogP contribution is -2.46. The second kappa shape index (κ2) is 8.34. The van der Waals surface area contributed by atoms with Crippen LogP contribution in [0.25, 0.3) is 5.69 Å². The number of amidine groups is 2. The Morgan fingerprint density at radius 3 is 2.38 bits per heavy atom. The molecular weight excluding hydrogens is 460 g/mol. The maximum atomic E-state index is 6.04. The Hall–Kier alpha value is -4.91. The fraction of sp³-hybridized carbons (Fsp3) is 0.100. The molecule has 2 aliphatic rings. The maximum absolute atomic E-state index is 6.04. The van der Waals surface area contributed by atoms with Crippen LogP contribution < -0.4 is 10.2 Å². The molecule has 7 rings (SSSR count). The van der Waals surface area contributed by atoms with E-state index in [2.05, 4.69) is 47.5 Å². The van der Waals surface area contributed by atoms with Crippen molar-refractivity contribution in [1.29, 1.82) is 0 Å². The zero-order valence-corrected chi connectivity index (χ0v) is 20.5. The number of benzene rings is 3. The van der Waals surface area contributed by atoms with E-state index >= 15 is 0 Å². The Morgan fingerprint density at radius 1 is 0.811 bits per heavy atom. The molecule has 7 heteroatoms. The Morgan fingerprint density at radius 2 is 1.59 bits per heavy atom. The van der Waals surface area contributed by atoms with Gasteiger partial charge in [0, 0.05) is 5.69 Å². The van der Waals surface area contributed by atoms with Crippen LogP contribution >= 0.6 is 0 Å². The number of hydrogen-bond donors (Lipinski definition) is 1. The molecule has 1 atom stereocenters. The normalized spacial score (nSPS) is 15.8. The number of fused-ring (bicyclic) bond motifs is 4. The van der Waals surface area contributed by atoms with E-state index in [0.29, 0.717) is 11.7 Å². The van der Waals surface area contributed by atoms with Crippen LogP contribution in [0.2, 0.25) is 0 Å². The van der Waals surface area contributed by atoms with Gasteiger partial charge < -0.3 is 14.6 Å². The molecule has 37 heavy (non-hydrogen) atoms. The molecule has 2 aromatic heterocycles. The quantitative estimate of drug-likeness (QED) is 0.303. The van der Waals surface area contributed by atoms with Crippen LogP contribution in [-0.2, 0) is 0 Å². The number of aromatic nitrogens is 2. The summed E-state index contributed by atoms with van der Waals surface area (Å²) < 4.78 is 7.95. The van der Waals surface area contributed by atoms with Gasteiger partial charge in [-0.1, -0.05) is 48.0 Å². The smallest absolute Gasteiger partial charge is 0.179 e. The Bertz CT molecular complexity index is 1660. The van der Waals surface area contributed by atoms with Crippen molar-refractivity contribution in [3.05, 3.63) is 120 Å². The van der Waals surface area contributed by atoms with Gasteiger partial charge in [-0.25, -0.2) is 14.7 Å². The predicted octanol–water partition coefficient (Wildman–Crippen LogP) is 6.88. The molecule has 180 valence electrons. The number of furan rings is 1. The minimum absolute atomic E-state index is 0.263. The molecule has 0 aliphatic carbocycles. The van der Waals surface area contributed by atoms with E-state index in [9.17, 15) is 0 Å². The second-order valence-corrected chi connectivity index (χ2v) is 9.23. The highest BCUT2D eigenvalue weighted by molar-refractivity contribution is 6.51.